The van der Waals surface area contributed by atoms with Crippen molar-refractivity contribution in [2.24, 2.45) is 0 Å². The Bertz CT molecular complexity index is 797. The van der Waals surface area contributed by atoms with Crippen LogP contribution in [0.25, 0.3) is 0 Å². The van der Waals surface area contributed by atoms with E-state index in [0.29, 0.717) is 30.4 Å². The Kier molecular flexibility index (Phi) is 5.01. The molecule has 0 atom stereocenters. The van der Waals surface area contributed by atoms with Gasteiger partial charge in [-0.15, -0.1) is 0 Å². The summed E-state index contributed by atoms with van der Waals surface area (Å²) in [6.07, 6.45) is 3.11. The fourth-order valence-electron chi connectivity index (χ4n) is 2.48. The molecule has 1 saturated heterocycles. The number of pyridine rings is 2. The predicted octanol–water partition coefficient (Wildman–Crippen LogP) is 2.59. The minimum atomic E-state index is -0.503. The van der Waals surface area contributed by atoms with Gasteiger partial charge in [-0.3, -0.25) is 10.1 Å². The van der Waals surface area contributed by atoms with Crippen LogP contribution in [0.1, 0.15) is 18.4 Å². The molecule has 0 aliphatic carbocycles. The zero-order valence-electron chi connectivity index (χ0n) is 13.3. The summed E-state index contributed by atoms with van der Waals surface area (Å²) in [5.74, 6) is 1.02. The molecule has 0 saturated carbocycles. The standard InChI is InChI=1S/C16H16N6O3/c17-9-11-1-3-14(18-10-11)20-16-13(22(23)24)2-4-15(21-16)19-12-5-7-25-8-6-12/h1-4,10,12H,5-8H2,(H2,18,19,20,21). The topological polar surface area (TPSA) is 126 Å². The lowest BCUT2D eigenvalue weighted by Crippen LogP contribution is -2.28. The number of nitro groups is 1. The van der Waals surface area contributed by atoms with E-state index in [9.17, 15) is 10.1 Å². The van der Waals surface area contributed by atoms with E-state index in [0.717, 1.165) is 12.8 Å². The first-order valence-corrected chi connectivity index (χ1v) is 7.78. The molecule has 0 bridgehead atoms. The van der Waals surface area contributed by atoms with Crippen molar-refractivity contribution in [2.75, 3.05) is 23.8 Å². The van der Waals surface area contributed by atoms with Crippen molar-refractivity contribution >= 4 is 23.1 Å². The third-order valence-corrected chi connectivity index (χ3v) is 3.78. The minimum Gasteiger partial charge on any atom is -0.381 e. The summed E-state index contributed by atoms with van der Waals surface area (Å²) in [6, 6.07) is 8.33. The highest BCUT2D eigenvalue weighted by atomic mass is 16.6. The van der Waals surface area contributed by atoms with E-state index in [-0.39, 0.29) is 17.5 Å². The lowest BCUT2D eigenvalue weighted by atomic mass is 10.1. The Hall–Kier alpha value is -3.25. The molecular weight excluding hydrogens is 324 g/mol. The van der Waals surface area contributed by atoms with Crippen LogP contribution in [0, 0.1) is 21.4 Å². The van der Waals surface area contributed by atoms with E-state index in [4.69, 9.17) is 10.00 Å². The molecule has 25 heavy (non-hydrogen) atoms. The normalized spacial score (nSPS) is 14.5. The van der Waals surface area contributed by atoms with Gasteiger partial charge in [0.25, 0.3) is 0 Å². The van der Waals surface area contributed by atoms with Gasteiger partial charge in [-0.25, -0.2) is 9.97 Å². The number of nitrogens with zero attached hydrogens (tertiary/aromatic N) is 4. The lowest BCUT2D eigenvalue weighted by molar-refractivity contribution is -0.384. The van der Waals surface area contributed by atoms with Crippen LogP contribution in [0.4, 0.5) is 23.1 Å². The van der Waals surface area contributed by atoms with Crippen LogP contribution < -0.4 is 10.6 Å². The number of hydrogen-bond acceptors (Lipinski definition) is 8. The molecule has 1 aliphatic heterocycles. The highest BCUT2D eigenvalue weighted by molar-refractivity contribution is 5.66. The molecule has 9 heteroatoms. The van der Waals surface area contributed by atoms with Crippen LogP contribution in [-0.2, 0) is 4.74 Å². The molecule has 0 radical (unpaired) electrons. The molecule has 2 aromatic heterocycles. The van der Waals surface area contributed by atoms with Gasteiger partial charge in [-0.05, 0) is 31.0 Å². The summed E-state index contributed by atoms with van der Waals surface area (Å²) < 4.78 is 5.32. The van der Waals surface area contributed by atoms with Gasteiger partial charge >= 0.3 is 5.69 Å². The first-order valence-electron chi connectivity index (χ1n) is 7.78. The summed E-state index contributed by atoms with van der Waals surface area (Å²) in [7, 11) is 0. The average Bonchev–Trinajstić information content (AvgIpc) is 2.63. The third kappa shape index (κ3) is 4.19. The van der Waals surface area contributed by atoms with Crippen LogP contribution in [0.15, 0.2) is 30.5 Å². The summed E-state index contributed by atoms with van der Waals surface area (Å²) in [6.45, 7) is 1.37. The van der Waals surface area contributed by atoms with Crippen LogP contribution in [-0.4, -0.2) is 34.1 Å². The number of ether oxygens (including phenoxy) is 1. The maximum Gasteiger partial charge on any atom is 0.311 e. The summed E-state index contributed by atoms with van der Waals surface area (Å²) in [5.41, 5.74) is 0.256. The second-order valence-electron chi connectivity index (χ2n) is 5.52. The first kappa shape index (κ1) is 16.6. The maximum absolute atomic E-state index is 11.2. The van der Waals surface area contributed by atoms with Gasteiger partial charge < -0.3 is 15.4 Å². The predicted molar refractivity (Wildman–Crippen MR) is 90.6 cm³/mol. The van der Waals surface area contributed by atoms with Gasteiger partial charge in [0.05, 0.1) is 10.5 Å². The molecule has 0 amide bonds. The van der Waals surface area contributed by atoms with Crippen molar-refractivity contribution in [2.45, 2.75) is 18.9 Å². The summed E-state index contributed by atoms with van der Waals surface area (Å²) >= 11 is 0. The molecule has 1 fully saturated rings. The largest absolute Gasteiger partial charge is 0.381 e. The smallest absolute Gasteiger partial charge is 0.311 e. The zero-order chi connectivity index (χ0) is 17.6. The van der Waals surface area contributed by atoms with Crippen molar-refractivity contribution in [3.8, 4) is 6.07 Å². The van der Waals surface area contributed by atoms with Gasteiger partial charge in [0.1, 0.15) is 17.7 Å². The molecule has 0 unspecified atom stereocenters. The van der Waals surface area contributed by atoms with Gasteiger partial charge in [-0.1, -0.05) is 0 Å². The molecular formula is C16H16N6O3. The highest BCUT2D eigenvalue weighted by Gasteiger charge is 2.19. The van der Waals surface area contributed by atoms with Crippen molar-refractivity contribution in [1.29, 1.82) is 5.26 Å². The van der Waals surface area contributed by atoms with Crippen molar-refractivity contribution in [3.63, 3.8) is 0 Å². The highest BCUT2D eigenvalue weighted by Crippen LogP contribution is 2.27. The molecule has 1 aliphatic rings. The number of hydrogen-bond donors (Lipinski definition) is 2. The van der Waals surface area contributed by atoms with Gasteiger partial charge in [0.15, 0.2) is 0 Å². The van der Waals surface area contributed by atoms with E-state index in [1.54, 1.807) is 18.2 Å². The number of aromatic nitrogens is 2. The fraction of sp³-hybridized carbons (Fsp3) is 0.312. The first-order chi connectivity index (χ1) is 12.2. The molecule has 3 heterocycles. The Labute approximate surface area is 143 Å². The van der Waals surface area contributed by atoms with Crippen LogP contribution in [0.2, 0.25) is 0 Å². The van der Waals surface area contributed by atoms with E-state index < -0.39 is 4.92 Å². The molecule has 3 rings (SSSR count). The van der Waals surface area contributed by atoms with Crippen molar-refractivity contribution in [1.82, 2.24) is 9.97 Å². The van der Waals surface area contributed by atoms with Crippen molar-refractivity contribution < 1.29 is 9.66 Å². The monoisotopic (exact) mass is 340 g/mol. The molecule has 128 valence electrons. The maximum atomic E-state index is 11.2. The summed E-state index contributed by atoms with van der Waals surface area (Å²) in [5, 5.41) is 26.2. The Morgan fingerprint density at radius 2 is 2.00 bits per heavy atom. The van der Waals surface area contributed by atoms with Gasteiger partial charge in [-0.2, -0.15) is 5.26 Å². The van der Waals surface area contributed by atoms with E-state index in [2.05, 4.69) is 20.6 Å². The van der Waals surface area contributed by atoms with E-state index in [1.807, 2.05) is 6.07 Å². The fourth-order valence-corrected chi connectivity index (χ4v) is 2.48. The molecule has 0 aromatic carbocycles. The van der Waals surface area contributed by atoms with Gasteiger partial charge in [0, 0.05) is 31.5 Å². The number of rotatable bonds is 5. The third-order valence-electron chi connectivity index (χ3n) is 3.78. The lowest BCUT2D eigenvalue weighted by Gasteiger charge is -2.23. The Morgan fingerprint density at radius 1 is 1.24 bits per heavy atom. The Morgan fingerprint density at radius 3 is 2.64 bits per heavy atom. The minimum absolute atomic E-state index is 0.0965. The summed E-state index contributed by atoms with van der Waals surface area (Å²) in [4.78, 5) is 19.1. The quantitative estimate of drug-likeness (QED) is 0.628. The number of anilines is 3. The van der Waals surface area contributed by atoms with E-state index in [1.165, 1.54) is 12.3 Å². The van der Waals surface area contributed by atoms with Crippen LogP contribution >= 0.6 is 0 Å². The van der Waals surface area contributed by atoms with E-state index >= 15 is 0 Å². The average molecular weight is 340 g/mol. The van der Waals surface area contributed by atoms with Crippen molar-refractivity contribution in [3.05, 3.63) is 46.1 Å². The second kappa shape index (κ2) is 7.55. The zero-order valence-corrected chi connectivity index (χ0v) is 13.3. The molecule has 9 nitrogen and oxygen atoms in total. The number of nitrogens with one attached hydrogen (secondary N) is 2. The second-order valence-corrected chi connectivity index (χ2v) is 5.52. The van der Waals surface area contributed by atoms with Crippen LogP contribution in [0.5, 0.6) is 0 Å². The molecule has 0 spiro atoms. The molecule has 2 N–H and O–H groups in total. The number of nitriles is 1. The van der Waals surface area contributed by atoms with Gasteiger partial charge in [0.2, 0.25) is 5.82 Å². The SMILES string of the molecule is N#Cc1ccc(Nc2nc(NC3CCOCC3)ccc2[N+](=O)[O-])nc1. The molecule has 2 aromatic rings. The Balaban J connectivity index is 1.82. The van der Waals surface area contributed by atoms with Crippen LogP contribution in [0.3, 0.4) is 0 Å².